The van der Waals surface area contributed by atoms with Gasteiger partial charge in [0.1, 0.15) is 6.07 Å². The van der Waals surface area contributed by atoms with Crippen LogP contribution < -0.4 is 5.56 Å². The van der Waals surface area contributed by atoms with Crippen molar-refractivity contribution in [1.82, 2.24) is 4.98 Å². The Labute approximate surface area is 139 Å². The summed E-state index contributed by atoms with van der Waals surface area (Å²) in [5.41, 5.74) is -0.0914. The van der Waals surface area contributed by atoms with E-state index in [0.29, 0.717) is 17.5 Å². The van der Waals surface area contributed by atoms with E-state index in [9.17, 15) is 10.1 Å². The summed E-state index contributed by atoms with van der Waals surface area (Å²) in [6.45, 7) is 1.91. The summed E-state index contributed by atoms with van der Waals surface area (Å²) in [5.74, 6) is 0. The van der Waals surface area contributed by atoms with Crippen LogP contribution in [-0.2, 0) is 18.5 Å². The number of nitrogens with zero attached hydrogens (tertiary/aromatic N) is 1. The topological polar surface area (TPSA) is 56.6 Å². The number of hydrogen-bond acceptors (Lipinski definition) is 2. The standard InChI is InChI=1S/C20H17FN2O/c1-2-15-10-16-8-9-17(11-18(16)23-19(15)24)20(21,13-22)12-14-6-4-3-5-7-14/h3-11H,2,12H2,1H3,(H,23,24). The summed E-state index contributed by atoms with van der Waals surface area (Å²) in [6.07, 6.45) is 0.597. The number of halogens is 1. The Bertz CT molecular complexity index is 972. The minimum Gasteiger partial charge on any atom is -0.322 e. The molecule has 0 bridgehead atoms. The Kier molecular flexibility index (Phi) is 4.18. The van der Waals surface area contributed by atoms with E-state index in [1.54, 1.807) is 42.5 Å². The number of H-pyrrole nitrogens is 1. The van der Waals surface area contributed by atoms with Crippen LogP contribution in [0.5, 0.6) is 0 Å². The normalized spacial score (nSPS) is 13.4. The molecule has 24 heavy (non-hydrogen) atoms. The minimum atomic E-state index is -2.14. The van der Waals surface area contributed by atoms with Gasteiger partial charge in [-0.25, -0.2) is 4.39 Å². The average Bonchev–Trinajstić information content (AvgIpc) is 2.61. The van der Waals surface area contributed by atoms with E-state index in [0.717, 1.165) is 10.9 Å². The summed E-state index contributed by atoms with van der Waals surface area (Å²) in [4.78, 5) is 14.7. The molecule has 4 heteroatoms. The van der Waals surface area contributed by atoms with Crippen molar-refractivity contribution in [3.8, 4) is 6.07 Å². The predicted octanol–water partition coefficient (Wildman–Crippen LogP) is 4.02. The number of aromatic nitrogens is 1. The molecule has 1 N–H and O–H groups in total. The van der Waals surface area contributed by atoms with Gasteiger partial charge in [-0.15, -0.1) is 0 Å². The van der Waals surface area contributed by atoms with E-state index in [1.807, 2.05) is 25.1 Å². The van der Waals surface area contributed by atoms with Crippen molar-refractivity contribution in [3.63, 3.8) is 0 Å². The van der Waals surface area contributed by atoms with Gasteiger partial charge in [-0.1, -0.05) is 49.4 Å². The quantitative estimate of drug-likeness (QED) is 0.789. The lowest BCUT2D eigenvalue weighted by Crippen LogP contribution is -2.21. The van der Waals surface area contributed by atoms with Crippen LogP contribution >= 0.6 is 0 Å². The van der Waals surface area contributed by atoms with E-state index in [-0.39, 0.29) is 17.5 Å². The first-order chi connectivity index (χ1) is 11.6. The highest BCUT2D eigenvalue weighted by molar-refractivity contribution is 5.80. The molecule has 1 atom stereocenters. The molecular formula is C20H17FN2O. The van der Waals surface area contributed by atoms with Gasteiger partial charge >= 0.3 is 0 Å². The second kappa shape index (κ2) is 6.29. The first-order valence-corrected chi connectivity index (χ1v) is 7.86. The maximum atomic E-state index is 15.3. The van der Waals surface area contributed by atoms with Gasteiger partial charge in [0.25, 0.3) is 5.56 Å². The fraction of sp³-hybridized carbons (Fsp3) is 0.200. The number of pyridine rings is 1. The molecule has 120 valence electrons. The molecule has 0 aliphatic heterocycles. The zero-order chi connectivity index (χ0) is 17.2. The predicted molar refractivity (Wildman–Crippen MR) is 92.5 cm³/mol. The van der Waals surface area contributed by atoms with Crippen LogP contribution in [0.4, 0.5) is 4.39 Å². The van der Waals surface area contributed by atoms with Crippen molar-refractivity contribution in [2.24, 2.45) is 0 Å². The Balaban J connectivity index is 2.06. The molecule has 1 aromatic heterocycles. The smallest absolute Gasteiger partial charge is 0.251 e. The maximum Gasteiger partial charge on any atom is 0.251 e. The third-order valence-corrected chi connectivity index (χ3v) is 4.23. The summed E-state index contributed by atoms with van der Waals surface area (Å²) in [7, 11) is 0. The van der Waals surface area contributed by atoms with Crippen LogP contribution in [0.2, 0.25) is 0 Å². The van der Waals surface area contributed by atoms with Gasteiger partial charge in [-0.2, -0.15) is 5.26 Å². The molecule has 0 saturated carbocycles. The lowest BCUT2D eigenvalue weighted by atomic mass is 9.89. The van der Waals surface area contributed by atoms with E-state index in [1.165, 1.54) is 0 Å². The maximum absolute atomic E-state index is 15.3. The van der Waals surface area contributed by atoms with E-state index in [4.69, 9.17) is 0 Å². The molecule has 3 aromatic rings. The van der Waals surface area contributed by atoms with Gasteiger partial charge in [-0.3, -0.25) is 4.79 Å². The van der Waals surface area contributed by atoms with Gasteiger partial charge in [0.2, 0.25) is 5.67 Å². The van der Waals surface area contributed by atoms with Crippen LogP contribution in [0.3, 0.4) is 0 Å². The van der Waals surface area contributed by atoms with Crippen molar-refractivity contribution < 1.29 is 4.39 Å². The minimum absolute atomic E-state index is 0.0346. The summed E-state index contributed by atoms with van der Waals surface area (Å²) >= 11 is 0. The fourth-order valence-electron chi connectivity index (χ4n) is 2.84. The molecule has 3 nitrogen and oxygen atoms in total. The van der Waals surface area contributed by atoms with Crippen LogP contribution in [0.1, 0.15) is 23.6 Å². The molecule has 0 aliphatic rings. The molecule has 0 aliphatic carbocycles. The van der Waals surface area contributed by atoms with Gasteiger partial charge in [0.15, 0.2) is 0 Å². The SMILES string of the molecule is CCc1cc2ccc(C(F)(C#N)Cc3ccccc3)cc2[nH]c1=O. The molecule has 1 heterocycles. The van der Waals surface area contributed by atoms with E-state index >= 15 is 4.39 Å². The average molecular weight is 320 g/mol. The zero-order valence-electron chi connectivity index (χ0n) is 13.3. The van der Waals surface area contributed by atoms with Gasteiger partial charge in [0, 0.05) is 23.1 Å². The Morgan fingerprint density at radius 2 is 1.92 bits per heavy atom. The molecule has 0 saturated heterocycles. The lowest BCUT2D eigenvalue weighted by molar-refractivity contribution is 0.243. The largest absolute Gasteiger partial charge is 0.322 e. The van der Waals surface area contributed by atoms with Gasteiger partial charge in [-0.05, 0) is 29.5 Å². The molecule has 0 amide bonds. The van der Waals surface area contributed by atoms with Gasteiger partial charge in [0.05, 0.1) is 0 Å². The highest BCUT2D eigenvalue weighted by Gasteiger charge is 2.32. The van der Waals surface area contributed by atoms with Crippen LogP contribution in [-0.4, -0.2) is 4.98 Å². The molecule has 1 unspecified atom stereocenters. The van der Waals surface area contributed by atoms with Crippen molar-refractivity contribution in [3.05, 3.63) is 81.6 Å². The number of nitriles is 1. The number of hydrogen-bond donors (Lipinski definition) is 1. The Hall–Kier alpha value is -2.93. The lowest BCUT2D eigenvalue weighted by Gasteiger charge is -2.18. The van der Waals surface area contributed by atoms with Crippen molar-refractivity contribution in [1.29, 1.82) is 5.26 Å². The molecule has 2 aromatic carbocycles. The number of fused-ring (bicyclic) bond motifs is 1. The zero-order valence-corrected chi connectivity index (χ0v) is 13.3. The summed E-state index contributed by atoms with van der Waals surface area (Å²) < 4.78 is 15.3. The second-order valence-electron chi connectivity index (χ2n) is 5.85. The Morgan fingerprint density at radius 1 is 1.17 bits per heavy atom. The fourth-order valence-corrected chi connectivity index (χ4v) is 2.84. The van der Waals surface area contributed by atoms with Gasteiger partial charge < -0.3 is 4.98 Å². The highest BCUT2D eigenvalue weighted by atomic mass is 19.1. The summed E-state index contributed by atoms with van der Waals surface area (Å²) in [6, 6.07) is 17.6. The van der Waals surface area contributed by atoms with Crippen LogP contribution in [0.15, 0.2) is 59.4 Å². The van der Waals surface area contributed by atoms with Crippen LogP contribution in [0, 0.1) is 11.3 Å². The number of aryl methyl sites for hydroxylation is 1. The number of benzene rings is 2. The van der Waals surface area contributed by atoms with Crippen LogP contribution in [0.25, 0.3) is 10.9 Å². The third kappa shape index (κ3) is 2.93. The summed E-state index contributed by atoms with van der Waals surface area (Å²) in [5, 5.41) is 10.2. The first-order valence-electron chi connectivity index (χ1n) is 7.86. The number of nitrogens with one attached hydrogen (secondary N) is 1. The van der Waals surface area contributed by atoms with E-state index in [2.05, 4.69) is 4.98 Å². The monoisotopic (exact) mass is 320 g/mol. The number of alkyl halides is 1. The van der Waals surface area contributed by atoms with E-state index < -0.39 is 5.67 Å². The molecule has 0 spiro atoms. The first kappa shape index (κ1) is 15.9. The molecule has 3 rings (SSSR count). The van der Waals surface area contributed by atoms with Crippen molar-refractivity contribution in [2.45, 2.75) is 25.4 Å². The van der Waals surface area contributed by atoms with Crippen molar-refractivity contribution in [2.75, 3.05) is 0 Å². The second-order valence-corrected chi connectivity index (χ2v) is 5.85. The molecule has 0 fully saturated rings. The highest BCUT2D eigenvalue weighted by Crippen LogP contribution is 2.31. The number of rotatable bonds is 4. The van der Waals surface area contributed by atoms with Crippen molar-refractivity contribution >= 4 is 10.9 Å². The Morgan fingerprint density at radius 3 is 2.58 bits per heavy atom. The third-order valence-electron chi connectivity index (χ3n) is 4.23. The number of aromatic amines is 1. The molecular weight excluding hydrogens is 303 g/mol. The molecule has 0 radical (unpaired) electrons.